The lowest BCUT2D eigenvalue weighted by molar-refractivity contribution is 0.102. The van der Waals surface area contributed by atoms with Gasteiger partial charge in [-0.05, 0) is 35.2 Å². The van der Waals surface area contributed by atoms with Crippen LogP contribution in [0.2, 0.25) is 0 Å². The molecule has 0 fully saturated rings. The number of hydrogen-bond donors (Lipinski definition) is 1. The Labute approximate surface area is 122 Å². The van der Waals surface area contributed by atoms with Crippen LogP contribution < -0.4 is 5.32 Å². The Hall–Kier alpha value is -2.30. The summed E-state index contributed by atoms with van der Waals surface area (Å²) in [5.74, 6) is -2.75. The van der Waals surface area contributed by atoms with E-state index in [1.165, 1.54) is 0 Å². The fourth-order valence-corrected chi connectivity index (χ4v) is 1.83. The van der Waals surface area contributed by atoms with Crippen molar-refractivity contribution in [1.29, 1.82) is 0 Å². The number of aromatic nitrogens is 1. The summed E-state index contributed by atoms with van der Waals surface area (Å²) in [6, 6.07) is 9.29. The first-order valence-electron chi connectivity index (χ1n) is 6.51. The molecule has 5 heteroatoms. The largest absolute Gasteiger partial charge is 0.322 e. The highest BCUT2D eigenvalue weighted by Gasteiger charge is 2.15. The number of benzene rings is 1. The molecule has 1 aromatic heterocycles. The van der Waals surface area contributed by atoms with Crippen LogP contribution in [-0.4, -0.2) is 10.9 Å². The highest BCUT2D eigenvalue weighted by molar-refractivity contribution is 6.04. The first kappa shape index (κ1) is 15.1. The average Bonchev–Trinajstić information content (AvgIpc) is 2.38. The van der Waals surface area contributed by atoms with Gasteiger partial charge in [-0.15, -0.1) is 0 Å². The van der Waals surface area contributed by atoms with Crippen molar-refractivity contribution in [2.45, 2.75) is 26.2 Å². The molecule has 0 bridgehead atoms. The zero-order valence-electron chi connectivity index (χ0n) is 12.1. The number of nitrogens with one attached hydrogen (secondary N) is 1. The third kappa shape index (κ3) is 3.62. The van der Waals surface area contributed by atoms with Gasteiger partial charge in [0, 0.05) is 5.69 Å². The lowest BCUT2D eigenvalue weighted by atomic mass is 9.87. The van der Waals surface area contributed by atoms with Crippen LogP contribution in [0.1, 0.15) is 36.7 Å². The summed E-state index contributed by atoms with van der Waals surface area (Å²) in [5.41, 5.74) is 1.37. The Kier molecular flexibility index (Phi) is 4.02. The Morgan fingerprint density at radius 3 is 2.19 bits per heavy atom. The lowest BCUT2D eigenvalue weighted by Crippen LogP contribution is -2.15. The van der Waals surface area contributed by atoms with Gasteiger partial charge in [0.2, 0.25) is 11.9 Å². The summed E-state index contributed by atoms with van der Waals surface area (Å²) in [5, 5.41) is 2.56. The minimum Gasteiger partial charge on any atom is -0.322 e. The zero-order valence-corrected chi connectivity index (χ0v) is 12.1. The third-order valence-electron chi connectivity index (χ3n) is 3.07. The molecule has 21 heavy (non-hydrogen) atoms. The van der Waals surface area contributed by atoms with E-state index in [2.05, 4.69) is 31.1 Å². The Balaban J connectivity index is 2.16. The second-order valence-corrected chi connectivity index (χ2v) is 5.75. The third-order valence-corrected chi connectivity index (χ3v) is 3.07. The number of halogens is 2. The van der Waals surface area contributed by atoms with Crippen molar-refractivity contribution in [2.75, 3.05) is 5.32 Å². The van der Waals surface area contributed by atoms with Gasteiger partial charge < -0.3 is 5.32 Å². The van der Waals surface area contributed by atoms with Gasteiger partial charge in [-0.2, -0.15) is 13.8 Å². The predicted octanol–water partition coefficient (Wildman–Crippen LogP) is 3.91. The van der Waals surface area contributed by atoms with Crippen molar-refractivity contribution in [1.82, 2.24) is 4.98 Å². The van der Waals surface area contributed by atoms with Crippen LogP contribution in [0, 0.1) is 11.9 Å². The molecule has 110 valence electrons. The number of carbonyl (C=O) groups is 1. The molecule has 0 spiro atoms. The topological polar surface area (TPSA) is 42.0 Å². The average molecular weight is 290 g/mol. The normalized spacial score (nSPS) is 11.3. The van der Waals surface area contributed by atoms with Gasteiger partial charge in [-0.1, -0.05) is 32.9 Å². The number of pyridine rings is 1. The first-order valence-corrected chi connectivity index (χ1v) is 6.51. The van der Waals surface area contributed by atoms with E-state index in [1.54, 1.807) is 12.1 Å². The molecule has 0 saturated carbocycles. The minimum absolute atomic E-state index is 0.00945. The van der Waals surface area contributed by atoms with E-state index in [1.807, 2.05) is 12.1 Å². The number of carbonyl (C=O) groups excluding carboxylic acids is 1. The monoisotopic (exact) mass is 290 g/mol. The highest BCUT2D eigenvalue weighted by atomic mass is 19.1. The molecule has 1 heterocycles. The van der Waals surface area contributed by atoms with Crippen molar-refractivity contribution in [3.63, 3.8) is 0 Å². The first-order chi connectivity index (χ1) is 9.77. The van der Waals surface area contributed by atoms with Gasteiger partial charge in [-0.25, -0.2) is 0 Å². The van der Waals surface area contributed by atoms with Crippen LogP contribution in [0.5, 0.6) is 0 Å². The van der Waals surface area contributed by atoms with Crippen molar-refractivity contribution in [3.05, 3.63) is 59.4 Å². The van der Waals surface area contributed by atoms with Crippen LogP contribution in [-0.2, 0) is 5.41 Å². The number of anilines is 1. The van der Waals surface area contributed by atoms with Gasteiger partial charge in [-0.3, -0.25) is 4.79 Å². The van der Waals surface area contributed by atoms with Gasteiger partial charge in [0.25, 0.3) is 5.91 Å². The van der Waals surface area contributed by atoms with Crippen LogP contribution in [0.3, 0.4) is 0 Å². The SMILES string of the molecule is CC(C)(C)c1ccc(NC(=O)c2ccc(F)nc2F)cc1. The number of hydrogen-bond acceptors (Lipinski definition) is 2. The molecule has 0 aliphatic rings. The van der Waals surface area contributed by atoms with E-state index in [4.69, 9.17) is 0 Å². The highest BCUT2D eigenvalue weighted by Crippen LogP contribution is 2.23. The fourth-order valence-electron chi connectivity index (χ4n) is 1.83. The summed E-state index contributed by atoms with van der Waals surface area (Å²) >= 11 is 0. The summed E-state index contributed by atoms with van der Waals surface area (Å²) in [7, 11) is 0. The predicted molar refractivity (Wildman–Crippen MR) is 77.2 cm³/mol. The minimum atomic E-state index is -1.13. The molecule has 3 nitrogen and oxygen atoms in total. The molecule has 1 aromatic carbocycles. The molecular weight excluding hydrogens is 274 g/mol. The summed E-state index contributed by atoms with van der Waals surface area (Å²) in [4.78, 5) is 14.9. The van der Waals surface area contributed by atoms with Crippen LogP contribution in [0.25, 0.3) is 0 Å². The molecule has 0 aliphatic carbocycles. The van der Waals surface area contributed by atoms with E-state index in [-0.39, 0.29) is 11.0 Å². The fraction of sp³-hybridized carbons (Fsp3) is 0.250. The van der Waals surface area contributed by atoms with Crippen molar-refractivity contribution in [2.24, 2.45) is 0 Å². The molecule has 2 aromatic rings. The maximum Gasteiger partial charge on any atom is 0.260 e. The molecule has 1 amide bonds. The lowest BCUT2D eigenvalue weighted by Gasteiger charge is -2.19. The van der Waals surface area contributed by atoms with Crippen LogP contribution in [0.15, 0.2) is 36.4 Å². The van der Waals surface area contributed by atoms with Crippen LogP contribution in [0.4, 0.5) is 14.5 Å². The summed E-state index contributed by atoms with van der Waals surface area (Å²) in [6.07, 6.45) is 0. The second-order valence-electron chi connectivity index (χ2n) is 5.75. The van der Waals surface area contributed by atoms with Gasteiger partial charge in [0.15, 0.2) is 0 Å². The molecule has 2 rings (SSSR count). The standard InChI is InChI=1S/C16H16F2N2O/c1-16(2,3)10-4-6-11(7-5-10)19-15(21)12-8-9-13(17)20-14(12)18/h4-9H,1-3H3,(H,19,21). The maximum atomic E-state index is 13.4. The van der Waals surface area contributed by atoms with Crippen molar-refractivity contribution in [3.8, 4) is 0 Å². The van der Waals surface area contributed by atoms with E-state index >= 15 is 0 Å². The molecule has 0 aliphatic heterocycles. The van der Waals surface area contributed by atoms with E-state index < -0.39 is 17.8 Å². The van der Waals surface area contributed by atoms with E-state index in [0.29, 0.717) is 5.69 Å². The number of amides is 1. The van der Waals surface area contributed by atoms with Crippen molar-refractivity contribution >= 4 is 11.6 Å². The quantitative estimate of drug-likeness (QED) is 0.852. The number of nitrogens with zero attached hydrogens (tertiary/aromatic N) is 1. The Morgan fingerprint density at radius 1 is 1.05 bits per heavy atom. The van der Waals surface area contributed by atoms with Gasteiger partial charge in [0.05, 0.1) is 5.56 Å². The molecule has 0 saturated heterocycles. The zero-order chi connectivity index (χ0) is 15.6. The Morgan fingerprint density at radius 2 is 1.67 bits per heavy atom. The molecule has 0 radical (unpaired) electrons. The molecule has 0 atom stereocenters. The van der Waals surface area contributed by atoms with E-state index in [9.17, 15) is 13.6 Å². The smallest absolute Gasteiger partial charge is 0.260 e. The second kappa shape index (κ2) is 5.60. The molecule has 1 N–H and O–H groups in total. The van der Waals surface area contributed by atoms with Gasteiger partial charge >= 0.3 is 0 Å². The maximum absolute atomic E-state index is 13.4. The number of rotatable bonds is 2. The van der Waals surface area contributed by atoms with Crippen molar-refractivity contribution < 1.29 is 13.6 Å². The molecule has 0 unspecified atom stereocenters. The van der Waals surface area contributed by atoms with E-state index in [0.717, 1.165) is 17.7 Å². The summed E-state index contributed by atoms with van der Waals surface area (Å²) in [6.45, 7) is 6.25. The Bertz CT molecular complexity index is 661. The molecular formula is C16H16F2N2O. The van der Waals surface area contributed by atoms with Crippen LogP contribution >= 0.6 is 0 Å². The summed E-state index contributed by atoms with van der Waals surface area (Å²) < 4.78 is 26.1. The van der Waals surface area contributed by atoms with Gasteiger partial charge in [0.1, 0.15) is 0 Å².